The van der Waals surface area contributed by atoms with Gasteiger partial charge in [-0.25, -0.2) is 4.98 Å². The van der Waals surface area contributed by atoms with Crippen LogP contribution >= 0.6 is 11.6 Å². The fraction of sp³-hybridized carbons (Fsp3) is 0.458. The third kappa shape index (κ3) is 4.26. The molecule has 31 heavy (non-hydrogen) atoms. The monoisotopic (exact) mass is 438 g/mol. The predicted molar refractivity (Wildman–Crippen MR) is 120 cm³/mol. The van der Waals surface area contributed by atoms with Gasteiger partial charge in [0.15, 0.2) is 0 Å². The van der Waals surface area contributed by atoms with Gasteiger partial charge in [-0.05, 0) is 60.9 Å². The van der Waals surface area contributed by atoms with Crippen LogP contribution in [0, 0.1) is 11.8 Å². The zero-order valence-electron chi connectivity index (χ0n) is 17.5. The summed E-state index contributed by atoms with van der Waals surface area (Å²) in [5, 5.41) is 3.58. The van der Waals surface area contributed by atoms with Crippen molar-refractivity contribution >= 4 is 29.2 Å². The molecule has 2 amide bonds. The van der Waals surface area contributed by atoms with Crippen LogP contribution in [-0.2, 0) is 11.3 Å². The molecule has 0 spiro atoms. The van der Waals surface area contributed by atoms with Crippen LogP contribution in [0.5, 0.6) is 0 Å². The van der Waals surface area contributed by atoms with E-state index in [1.54, 1.807) is 6.20 Å². The number of benzene rings is 1. The molecule has 7 heteroatoms. The molecule has 0 saturated carbocycles. The van der Waals surface area contributed by atoms with Gasteiger partial charge < -0.3 is 15.1 Å². The first-order valence-corrected chi connectivity index (χ1v) is 11.5. The third-order valence-electron chi connectivity index (χ3n) is 6.86. The lowest BCUT2D eigenvalue weighted by molar-refractivity contribution is -0.142. The second-order valence-electron chi connectivity index (χ2n) is 8.99. The van der Waals surface area contributed by atoms with E-state index in [0.717, 1.165) is 43.9 Å². The van der Waals surface area contributed by atoms with Crippen molar-refractivity contribution in [3.8, 4) is 0 Å². The molecule has 2 aromatic rings. The maximum absolute atomic E-state index is 12.5. The largest absolute Gasteiger partial charge is 0.356 e. The average Bonchev–Trinajstić information content (AvgIpc) is 2.78. The van der Waals surface area contributed by atoms with E-state index >= 15 is 0 Å². The zero-order valence-corrected chi connectivity index (χ0v) is 18.2. The van der Waals surface area contributed by atoms with Crippen molar-refractivity contribution in [2.75, 3.05) is 24.5 Å². The summed E-state index contributed by atoms with van der Waals surface area (Å²) in [6, 6.07) is 11.6. The summed E-state index contributed by atoms with van der Waals surface area (Å²) in [5.41, 5.74) is 1.51. The van der Waals surface area contributed by atoms with Gasteiger partial charge in [-0.3, -0.25) is 9.59 Å². The molecule has 1 aromatic heterocycles. The maximum atomic E-state index is 12.5. The average molecular weight is 439 g/mol. The highest BCUT2D eigenvalue weighted by atomic mass is 35.5. The minimum atomic E-state index is -0.147. The molecule has 1 aromatic carbocycles. The van der Waals surface area contributed by atoms with Crippen LogP contribution in [0.2, 0.25) is 5.02 Å². The van der Waals surface area contributed by atoms with E-state index in [-0.39, 0.29) is 5.91 Å². The number of anilines is 1. The highest BCUT2D eigenvalue weighted by molar-refractivity contribution is 6.30. The molecule has 0 radical (unpaired) electrons. The molecule has 0 aliphatic carbocycles. The Hall–Kier alpha value is -2.60. The molecule has 5 rings (SSSR count). The van der Waals surface area contributed by atoms with Crippen LogP contribution in [0.15, 0.2) is 42.6 Å². The number of fused-ring (bicyclic) bond motifs is 4. The van der Waals surface area contributed by atoms with E-state index in [1.807, 2.05) is 36.4 Å². The molecule has 3 saturated heterocycles. The van der Waals surface area contributed by atoms with Crippen LogP contribution in [-0.4, -0.2) is 47.4 Å². The lowest BCUT2D eigenvalue weighted by Gasteiger charge is -2.52. The van der Waals surface area contributed by atoms with E-state index in [9.17, 15) is 9.59 Å². The first kappa shape index (κ1) is 20.3. The number of rotatable bonds is 4. The molecule has 3 aliphatic heterocycles. The molecule has 162 valence electrons. The molecule has 1 N–H and O–H groups in total. The summed E-state index contributed by atoms with van der Waals surface area (Å²) in [5.74, 6) is 2.12. The number of carbonyl (C=O) groups excluding carboxylic acids is 2. The predicted octanol–water partition coefficient (Wildman–Crippen LogP) is 3.50. The normalized spacial score (nSPS) is 25.2. The van der Waals surface area contributed by atoms with Crippen molar-refractivity contribution in [1.82, 2.24) is 15.2 Å². The second-order valence-corrected chi connectivity index (χ2v) is 9.43. The summed E-state index contributed by atoms with van der Waals surface area (Å²) in [6.45, 7) is 3.15. The Morgan fingerprint density at radius 3 is 2.90 bits per heavy atom. The number of hydrogen-bond donors (Lipinski definition) is 1. The Morgan fingerprint density at radius 2 is 2.10 bits per heavy atom. The van der Waals surface area contributed by atoms with Gasteiger partial charge in [0.25, 0.3) is 5.91 Å². The molecule has 4 heterocycles. The van der Waals surface area contributed by atoms with Gasteiger partial charge in [0.05, 0.1) is 5.56 Å². The Balaban J connectivity index is 1.22. The standard InChI is InChI=1S/C24H27ClN4O2/c25-20-4-1-3-16(10-20)11-27-24(31)18-7-8-22(26-12-18)28-13-17-9-19(15-28)21-5-2-6-23(30)29(21)14-17/h1,3-4,7-8,10,12,17,19,21H,2,5-6,9,11,13-15H2,(H,27,31)/t17?,19?,21-/m1/s1. The Labute approximate surface area is 187 Å². The summed E-state index contributed by atoms with van der Waals surface area (Å²) in [4.78, 5) is 33.9. The zero-order chi connectivity index (χ0) is 21.4. The molecule has 2 unspecified atom stereocenters. The van der Waals surface area contributed by atoms with Crippen molar-refractivity contribution in [2.24, 2.45) is 11.8 Å². The van der Waals surface area contributed by atoms with Gasteiger partial charge in [0, 0.05) is 49.9 Å². The number of amides is 2. The van der Waals surface area contributed by atoms with Crippen molar-refractivity contribution in [2.45, 2.75) is 38.3 Å². The van der Waals surface area contributed by atoms with Crippen molar-refractivity contribution in [1.29, 1.82) is 0 Å². The lowest BCUT2D eigenvalue weighted by Crippen LogP contribution is -2.60. The second kappa shape index (κ2) is 8.50. The van der Waals surface area contributed by atoms with Gasteiger partial charge in [-0.2, -0.15) is 0 Å². The molecular weight excluding hydrogens is 412 g/mol. The quantitative estimate of drug-likeness (QED) is 0.793. The topological polar surface area (TPSA) is 65.5 Å². The fourth-order valence-corrected chi connectivity index (χ4v) is 5.65. The highest BCUT2D eigenvalue weighted by Gasteiger charge is 2.44. The molecular formula is C24H27ClN4O2. The summed E-state index contributed by atoms with van der Waals surface area (Å²) >= 11 is 6.00. The Morgan fingerprint density at radius 1 is 1.19 bits per heavy atom. The number of hydrogen-bond acceptors (Lipinski definition) is 4. The lowest BCUT2D eigenvalue weighted by atomic mass is 9.76. The molecule has 3 atom stereocenters. The number of nitrogens with zero attached hydrogens (tertiary/aromatic N) is 3. The van der Waals surface area contributed by atoms with Crippen LogP contribution in [0.3, 0.4) is 0 Å². The number of nitrogens with one attached hydrogen (secondary N) is 1. The summed E-state index contributed by atoms with van der Waals surface area (Å²) < 4.78 is 0. The minimum Gasteiger partial charge on any atom is -0.356 e. The fourth-order valence-electron chi connectivity index (χ4n) is 5.44. The first-order valence-electron chi connectivity index (χ1n) is 11.1. The SMILES string of the molecule is O=C(NCc1cccc(Cl)c1)c1ccc(N2CC3CC(C2)[C@H]2CCCC(=O)N2C3)nc1. The molecule has 3 fully saturated rings. The van der Waals surface area contributed by atoms with Gasteiger partial charge >= 0.3 is 0 Å². The first-order chi connectivity index (χ1) is 15.1. The van der Waals surface area contributed by atoms with Crippen LogP contribution in [0.1, 0.15) is 41.6 Å². The molecule has 3 aliphatic rings. The Bertz CT molecular complexity index is 980. The third-order valence-corrected chi connectivity index (χ3v) is 7.09. The van der Waals surface area contributed by atoms with Gasteiger partial charge in [-0.1, -0.05) is 23.7 Å². The summed E-state index contributed by atoms with van der Waals surface area (Å²) in [7, 11) is 0. The van der Waals surface area contributed by atoms with Crippen LogP contribution in [0.4, 0.5) is 5.82 Å². The van der Waals surface area contributed by atoms with Gasteiger partial charge in [0.2, 0.25) is 5.91 Å². The number of carbonyl (C=O) groups is 2. The van der Waals surface area contributed by atoms with Gasteiger partial charge in [0.1, 0.15) is 5.82 Å². The highest BCUT2D eigenvalue weighted by Crippen LogP contribution is 2.38. The smallest absolute Gasteiger partial charge is 0.253 e. The minimum absolute atomic E-state index is 0.147. The maximum Gasteiger partial charge on any atom is 0.253 e. The van der Waals surface area contributed by atoms with Crippen LogP contribution < -0.4 is 10.2 Å². The molecule has 6 nitrogen and oxygen atoms in total. The summed E-state index contributed by atoms with van der Waals surface area (Å²) in [6.07, 6.45) is 5.70. The van der Waals surface area contributed by atoms with E-state index in [4.69, 9.17) is 11.6 Å². The number of piperidine rings is 3. The van der Waals surface area contributed by atoms with E-state index in [2.05, 4.69) is 20.1 Å². The van der Waals surface area contributed by atoms with E-state index in [0.29, 0.717) is 47.3 Å². The number of halogens is 1. The number of aromatic nitrogens is 1. The van der Waals surface area contributed by atoms with Crippen molar-refractivity contribution < 1.29 is 9.59 Å². The molecule has 2 bridgehead atoms. The Kier molecular flexibility index (Phi) is 5.57. The van der Waals surface area contributed by atoms with Crippen molar-refractivity contribution in [3.63, 3.8) is 0 Å². The van der Waals surface area contributed by atoms with E-state index in [1.165, 1.54) is 6.42 Å². The van der Waals surface area contributed by atoms with Gasteiger partial charge in [-0.15, -0.1) is 0 Å². The number of pyridine rings is 1. The van der Waals surface area contributed by atoms with E-state index < -0.39 is 0 Å². The van der Waals surface area contributed by atoms with Crippen molar-refractivity contribution in [3.05, 3.63) is 58.7 Å². The van der Waals surface area contributed by atoms with Crippen LogP contribution in [0.25, 0.3) is 0 Å².